The van der Waals surface area contributed by atoms with Crippen LogP contribution in [0.15, 0.2) is 134 Å². The zero-order chi connectivity index (χ0) is 29.2. The SMILES string of the molecule is O=c1oc2c(ccc3ccccc32)c(O)c1C(c1c(O)c2ccc3ccccc3c2oc1=O)c1cccc2ccccc12. The lowest BCUT2D eigenvalue weighted by Gasteiger charge is -2.21. The topological polar surface area (TPSA) is 101 Å². The molecule has 0 saturated heterocycles. The summed E-state index contributed by atoms with van der Waals surface area (Å²) in [6.07, 6.45) is 0. The van der Waals surface area contributed by atoms with Crippen molar-refractivity contribution >= 4 is 54.3 Å². The highest BCUT2D eigenvalue weighted by Crippen LogP contribution is 2.45. The first-order valence-electron chi connectivity index (χ1n) is 13.8. The number of fused-ring (bicyclic) bond motifs is 7. The Balaban J connectivity index is 1.51. The van der Waals surface area contributed by atoms with Crippen molar-refractivity contribution in [3.05, 3.63) is 153 Å². The van der Waals surface area contributed by atoms with Crippen molar-refractivity contribution in [2.45, 2.75) is 5.92 Å². The van der Waals surface area contributed by atoms with Gasteiger partial charge in [0, 0.05) is 10.8 Å². The van der Waals surface area contributed by atoms with Crippen LogP contribution in [0.5, 0.6) is 11.5 Å². The lowest BCUT2D eigenvalue weighted by Crippen LogP contribution is -2.21. The van der Waals surface area contributed by atoms with E-state index in [9.17, 15) is 19.8 Å². The molecule has 8 aromatic rings. The van der Waals surface area contributed by atoms with Crippen molar-refractivity contribution in [3.63, 3.8) is 0 Å². The molecule has 8 rings (SSSR count). The number of benzene rings is 6. The minimum atomic E-state index is -1.22. The zero-order valence-electron chi connectivity index (χ0n) is 22.6. The van der Waals surface area contributed by atoms with E-state index in [2.05, 4.69) is 0 Å². The fourth-order valence-electron chi connectivity index (χ4n) is 6.32. The Bertz CT molecular complexity index is 2400. The lowest BCUT2D eigenvalue weighted by atomic mass is 9.82. The van der Waals surface area contributed by atoms with Gasteiger partial charge in [0.2, 0.25) is 0 Å². The smallest absolute Gasteiger partial charge is 0.344 e. The summed E-state index contributed by atoms with van der Waals surface area (Å²) in [4.78, 5) is 27.9. The molecule has 0 atom stereocenters. The summed E-state index contributed by atoms with van der Waals surface area (Å²) in [6.45, 7) is 0. The van der Waals surface area contributed by atoms with Crippen LogP contribution in [-0.4, -0.2) is 10.2 Å². The average molecular weight is 563 g/mol. The monoisotopic (exact) mass is 562 g/mol. The van der Waals surface area contributed by atoms with Crippen molar-refractivity contribution in [1.29, 1.82) is 0 Å². The second-order valence-corrected chi connectivity index (χ2v) is 10.6. The standard InChI is InChI=1S/C37H22O6/c38-32-27-18-16-21-9-2-5-13-24(21)34(27)42-36(40)30(32)29(26-15-7-11-20-8-1-4-12-23(20)26)31-33(39)28-19-17-22-10-3-6-14-25(22)35(28)43-37(31)41/h1-19,29,38-39H. The molecule has 6 nitrogen and oxygen atoms in total. The van der Waals surface area contributed by atoms with E-state index in [4.69, 9.17) is 8.83 Å². The van der Waals surface area contributed by atoms with E-state index in [1.54, 1.807) is 18.2 Å². The first kappa shape index (κ1) is 24.9. The summed E-state index contributed by atoms with van der Waals surface area (Å²) in [6, 6.07) is 34.9. The Kier molecular flexibility index (Phi) is 5.40. The van der Waals surface area contributed by atoms with E-state index in [0.717, 1.165) is 21.5 Å². The molecule has 206 valence electrons. The van der Waals surface area contributed by atoms with Gasteiger partial charge in [0.1, 0.15) is 22.7 Å². The first-order valence-corrected chi connectivity index (χ1v) is 13.8. The zero-order valence-corrected chi connectivity index (χ0v) is 22.6. The third-order valence-corrected chi connectivity index (χ3v) is 8.32. The molecular weight excluding hydrogens is 540 g/mol. The van der Waals surface area contributed by atoms with Crippen LogP contribution in [0.3, 0.4) is 0 Å². The van der Waals surface area contributed by atoms with Gasteiger partial charge >= 0.3 is 11.3 Å². The van der Waals surface area contributed by atoms with Crippen LogP contribution in [0.2, 0.25) is 0 Å². The third kappa shape index (κ3) is 3.66. The molecule has 0 unspecified atom stereocenters. The van der Waals surface area contributed by atoms with E-state index in [0.29, 0.717) is 27.1 Å². The van der Waals surface area contributed by atoms with Gasteiger partial charge in [0.15, 0.2) is 0 Å². The number of hydrogen-bond acceptors (Lipinski definition) is 6. The van der Waals surface area contributed by atoms with Gasteiger partial charge in [-0.15, -0.1) is 0 Å². The van der Waals surface area contributed by atoms with Gasteiger partial charge in [-0.1, -0.05) is 103 Å². The largest absolute Gasteiger partial charge is 0.507 e. The second-order valence-electron chi connectivity index (χ2n) is 10.6. The molecule has 0 aliphatic carbocycles. The Labute approximate surface area is 243 Å². The molecule has 0 saturated carbocycles. The highest BCUT2D eigenvalue weighted by molar-refractivity contribution is 6.07. The predicted octanol–water partition coefficient (Wildman–Crippen LogP) is 7.95. The van der Waals surface area contributed by atoms with Crippen LogP contribution in [-0.2, 0) is 0 Å². The Hall–Kier alpha value is -5.88. The van der Waals surface area contributed by atoms with Crippen LogP contribution in [0.25, 0.3) is 54.3 Å². The van der Waals surface area contributed by atoms with Gasteiger partial charge in [-0.2, -0.15) is 0 Å². The molecular formula is C37H22O6. The number of rotatable bonds is 3. The summed E-state index contributed by atoms with van der Waals surface area (Å²) < 4.78 is 11.8. The molecule has 0 radical (unpaired) electrons. The highest BCUT2D eigenvalue weighted by Gasteiger charge is 2.34. The van der Waals surface area contributed by atoms with Crippen LogP contribution in [0, 0.1) is 0 Å². The van der Waals surface area contributed by atoms with Crippen molar-refractivity contribution in [2.24, 2.45) is 0 Å². The second kappa shape index (κ2) is 9.33. The fourth-order valence-corrected chi connectivity index (χ4v) is 6.32. The predicted molar refractivity (Wildman–Crippen MR) is 168 cm³/mol. The molecule has 0 bridgehead atoms. The molecule has 2 heterocycles. The first-order chi connectivity index (χ1) is 21.0. The summed E-state index contributed by atoms with van der Waals surface area (Å²) in [5.74, 6) is -1.87. The molecule has 0 aliphatic heterocycles. The third-order valence-electron chi connectivity index (χ3n) is 8.32. The van der Waals surface area contributed by atoms with Gasteiger partial charge in [-0.05, 0) is 39.2 Å². The van der Waals surface area contributed by atoms with Gasteiger partial charge in [0.25, 0.3) is 0 Å². The Morgan fingerprint density at radius 2 is 0.860 bits per heavy atom. The van der Waals surface area contributed by atoms with Crippen molar-refractivity contribution in [1.82, 2.24) is 0 Å². The minimum absolute atomic E-state index is 0.165. The Morgan fingerprint density at radius 3 is 1.37 bits per heavy atom. The quantitative estimate of drug-likeness (QED) is 0.167. The molecule has 2 aromatic heterocycles. The van der Waals surface area contributed by atoms with Gasteiger partial charge < -0.3 is 19.0 Å². The lowest BCUT2D eigenvalue weighted by molar-refractivity contribution is 0.442. The maximum absolute atomic E-state index is 13.9. The maximum Gasteiger partial charge on any atom is 0.344 e. The van der Waals surface area contributed by atoms with Gasteiger partial charge in [-0.3, -0.25) is 0 Å². The molecule has 0 fully saturated rings. The molecule has 2 N–H and O–H groups in total. The van der Waals surface area contributed by atoms with Gasteiger partial charge in [0.05, 0.1) is 27.8 Å². The number of hydrogen-bond donors (Lipinski definition) is 2. The van der Waals surface area contributed by atoms with E-state index < -0.39 is 17.2 Å². The maximum atomic E-state index is 13.9. The average Bonchev–Trinajstić information content (AvgIpc) is 3.03. The normalized spacial score (nSPS) is 11.8. The fraction of sp³-hybridized carbons (Fsp3) is 0.0270. The molecule has 0 aliphatic rings. The van der Waals surface area contributed by atoms with E-state index in [-0.39, 0.29) is 33.8 Å². The van der Waals surface area contributed by atoms with E-state index >= 15 is 0 Å². The van der Waals surface area contributed by atoms with Crippen molar-refractivity contribution in [3.8, 4) is 11.5 Å². The molecule has 43 heavy (non-hydrogen) atoms. The van der Waals surface area contributed by atoms with Crippen molar-refractivity contribution < 1.29 is 19.0 Å². The summed E-state index contributed by atoms with van der Waals surface area (Å²) in [5, 5.41) is 28.9. The van der Waals surface area contributed by atoms with Crippen LogP contribution in [0.1, 0.15) is 22.6 Å². The molecule has 0 spiro atoms. The summed E-state index contributed by atoms with van der Waals surface area (Å²) >= 11 is 0. The molecule has 6 heteroatoms. The van der Waals surface area contributed by atoms with E-state index in [1.165, 1.54) is 0 Å². The minimum Gasteiger partial charge on any atom is -0.507 e. The highest BCUT2D eigenvalue weighted by atomic mass is 16.4. The van der Waals surface area contributed by atoms with Crippen LogP contribution >= 0.6 is 0 Å². The van der Waals surface area contributed by atoms with Gasteiger partial charge in [-0.25, -0.2) is 9.59 Å². The Morgan fingerprint density at radius 1 is 0.442 bits per heavy atom. The summed E-state index contributed by atoms with van der Waals surface area (Å²) in [5.41, 5.74) is -0.967. The molecule has 6 aromatic carbocycles. The summed E-state index contributed by atoms with van der Waals surface area (Å²) in [7, 11) is 0. The van der Waals surface area contributed by atoms with Crippen LogP contribution < -0.4 is 11.3 Å². The van der Waals surface area contributed by atoms with E-state index in [1.807, 2.05) is 97.1 Å². The van der Waals surface area contributed by atoms with Crippen LogP contribution in [0.4, 0.5) is 0 Å². The number of aromatic hydroxyl groups is 2. The van der Waals surface area contributed by atoms with Crippen molar-refractivity contribution in [2.75, 3.05) is 0 Å². The molecule has 0 amide bonds.